The van der Waals surface area contributed by atoms with Crippen LogP contribution in [-0.2, 0) is 9.84 Å². The summed E-state index contributed by atoms with van der Waals surface area (Å²) >= 11 is 7.37. The van der Waals surface area contributed by atoms with Crippen molar-refractivity contribution in [3.05, 3.63) is 35.5 Å². The molecule has 0 atom stereocenters. The number of imidazole rings is 1. The van der Waals surface area contributed by atoms with Gasteiger partial charge in [0, 0.05) is 28.8 Å². The van der Waals surface area contributed by atoms with Gasteiger partial charge in [-0.3, -0.25) is 0 Å². The maximum absolute atomic E-state index is 11.5. The first-order chi connectivity index (χ1) is 11.8. The van der Waals surface area contributed by atoms with Gasteiger partial charge in [-0.1, -0.05) is 35.1 Å². The van der Waals surface area contributed by atoms with Crippen molar-refractivity contribution in [2.24, 2.45) is 5.41 Å². The number of aromatic nitrogens is 3. The molecule has 1 saturated carbocycles. The minimum atomic E-state index is -2.96. The molecule has 2 heterocycles. The quantitative estimate of drug-likeness (QED) is 0.691. The number of hydrogen-bond acceptors (Lipinski definition) is 6. The van der Waals surface area contributed by atoms with Crippen molar-refractivity contribution in [2.75, 3.05) is 23.9 Å². The lowest BCUT2D eigenvalue weighted by Gasteiger charge is -2.13. The van der Waals surface area contributed by atoms with Crippen LogP contribution < -0.4 is 5.32 Å². The van der Waals surface area contributed by atoms with Crippen molar-refractivity contribution < 1.29 is 8.42 Å². The molecule has 0 bridgehead atoms. The Balaban J connectivity index is 1.47. The summed E-state index contributed by atoms with van der Waals surface area (Å²) in [6.45, 7) is 0.626. The normalized spacial score (nSPS) is 16.2. The number of sulfone groups is 1. The van der Waals surface area contributed by atoms with Crippen molar-refractivity contribution in [1.29, 1.82) is 0 Å². The SMILES string of the molecule is CS(=O)(=O)CC1(CNc2nn3cc(-c4ccc(Cl)cc4)nc3s2)CC1. The van der Waals surface area contributed by atoms with E-state index in [1.165, 1.54) is 17.6 Å². The maximum Gasteiger partial charge on any atom is 0.214 e. The summed E-state index contributed by atoms with van der Waals surface area (Å²) in [7, 11) is -2.96. The highest BCUT2D eigenvalue weighted by molar-refractivity contribution is 7.90. The molecule has 9 heteroatoms. The summed E-state index contributed by atoms with van der Waals surface area (Å²) in [5.41, 5.74) is 1.70. The van der Waals surface area contributed by atoms with Crippen LogP contribution in [0.4, 0.5) is 5.13 Å². The third-order valence-corrected chi connectivity index (χ3v) is 6.59. The van der Waals surface area contributed by atoms with Gasteiger partial charge in [-0.2, -0.15) is 0 Å². The molecular formula is C16H17ClN4O2S2. The highest BCUT2D eigenvalue weighted by atomic mass is 35.5. The van der Waals surface area contributed by atoms with Gasteiger partial charge >= 0.3 is 0 Å². The molecule has 1 fully saturated rings. The first-order valence-corrected chi connectivity index (χ1v) is 11.1. The molecule has 132 valence electrons. The predicted molar refractivity (Wildman–Crippen MR) is 101 cm³/mol. The molecule has 3 aromatic rings. The van der Waals surface area contributed by atoms with E-state index in [2.05, 4.69) is 15.4 Å². The maximum atomic E-state index is 11.5. The summed E-state index contributed by atoms with van der Waals surface area (Å²) in [5, 5.41) is 9.21. The zero-order valence-corrected chi connectivity index (χ0v) is 16.0. The zero-order chi connectivity index (χ0) is 17.7. The fourth-order valence-electron chi connectivity index (χ4n) is 2.90. The van der Waals surface area contributed by atoms with Gasteiger partial charge in [0.1, 0.15) is 9.84 Å². The van der Waals surface area contributed by atoms with Crippen molar-refractivity contribution >= 4 is 42.9 Å². The lowest BCUT2D eigenvalue weighted by atomic mass is 10.1. The van der Waals surface area contributed by atoms with Gasteiger partial charge in [0.15, 0.2) is 0 Å². The van der Waals surface area contributed by atoms with Crippen LogP contribution in [0.2, 0.25) is 5.02 Å². The fourth-order valence-corrected chi connectivity index (χ4v) is 5.31. The summed E-state index contributed by atoms with van der Waals surface area (Å²) in [6, 6.07) is 7.52. The van der Waals surface area contributed by atoms with Gasteiger partial charge in [0.25, 0.3) is 0 Å². The van der Waals surface area contributed by atoms with Crippen LogP contribution in [0.1, 0.15) is 12.8 Å². The molecule has 6 nitrogen and oxygen atoms in total. The Morgan fingerprint density at radius 3 is 2.64 bits per heavy atom. The van der Waals surface area contributed by atoms with Gasteiger partial charge in [0.2, 0.25) is 10.1 Å². The molecule has 0 spiro atoms. The van der Waals surface area contributed by atoms with Crippen molar-refractivity contribution in [1.82, 2.24) is 14.6 Å². The van der Waals surface area contributed by atoms with Gasteiger partial charge in [0.05, 0.1) is 17.6 Å². The number of nitrogens with zero attached hydrogens (tertiary/aromatic N) is 3. The van der Waals surface area contributed by atoms with E-state index in [1.54, 1.807) is 4.52 Å². The van der Waals surface area contributed by atoms with E-state index < -0.39 is 9.84 Å². The smallest absolute Gasteiger partial charge is 0.214 e. The summed E-state index contributed by atoms with van der Waals surface area (Å²) < 4.78 is 24.8. The standard InChI is InChI=1S/C16H17ClN4O2S2/c1-25(22,23)10-16(6-7-16)9-18-14-20-21-8-13(19-15(21)24-14)11-2-4-12(17)5-3-11/h2-5,8H,6-7,9-10H2,1H3,(H,18,20). The van der Waals surface area contributed by atoms with Crippen LogP contribution in [0.15, 0.2) is 30.5 Å². The molecular weight excluding hydrogens is 380 g/mol. The molecule has 25 heavy (non-hydrogen) atoms. The molecule has 1 aliphatic rings. The predicted octanol–water partition coefficient (Wildman–Crippen LogP) is 3.35. The van der Waals surface area contributed by atoms with E-state index in [4.69, 9.17) is 11.6 Å². The Morgan fingerprint density at radius 2 is 2.04 bits per heavy atom. The summed E-state index contributed by atoms with van der Waals surface area (Å²) in [4.78, 5) is 5.38. The molecule has 0 saturated heterocycles. The minimum Gasteiger partial charge on any atom is -0.359 e. The largest absolute Gasteiger partial charge is 0.359 e. The first kappa shape index (κ1) is 16.8. The van der Waals surface area contributed by atoms with Gasteiger partial charge in [-0.15, -0.1) is 5.10 Å². The Hall–Kier alpha value is -1.64. The van der Waals surface area contributed by atoms with Crippen LogP contribution in [-0.4, -0.2) is 41.6 Å². The zero-order valence-electron chi connectivity index (χ0n) is 13.6. The first-order valence-electron chi connectivity index (χ1n) is 7.86. The van der Waals surface area contributed by atoms with Crippen LogP contribution in [0, 0.1) is 5.41 Å². The average Bonchev–Trinajstić information content (AvgIpc) is 2.99. The average molecular weight is 397 g/mol. The van der Waals surface area contributed by atoms with E-state index in [1.807, 2.05) is 30.5 Å². The van der Waals surface area contributed by atoms with E-state index in [0.29, 0.717) is 11.6 Å². The Morgan fingerprint density at radius 1 is 1.32 bits per heavy atom. The second kappa shape index (κ2) is 5.96. The highest BCUT2D eigenvalue weighted by Crippen LogP contribution is 2.46. The number of benzene rings is 1. The van der Waals surface area contributed by atoms with Gasteiger partial charge in [-0.25, -0.2) is 17.9 Å². The molecule has 0 aliphatic heterocycles. The lowest BCUT2D eigenvalue weighted by molar-refractivity contribution is 0.560. The number of nitrogens with one attached hydrogen (secondary N) is 1. The van der Waals surface area contributed by atoms with E-state index in [0.717, 1.165) is 34.2 Å². The van der Waals surface area contributed by atoms with Gasteiger partial charge in [-0.05, 0) is 25.0 Å². The third-order valence-electron chi connectivity index (χ3n) is 4.32. The van der Waals surface area contributed by atoms with Crippen LogP contribution >= 0.6 is 22.9 Å². The van der Waals surface area contributed by atoms with Crippen molar-refractivity contribution in [2.45, 2.75) is 12.8 Å². The number of fused-ring (bicyclic) bond motifs is 1. The van der Waals surface area contributed by atoms with Crippen LogP contribution in [0.3, 0.4) is 0 Å². The van der Waals surface area contributed by atoms with Gasteiger partial charge < -0.3 is 5.32 Å². The summed E-state index contributed by atoms with van der Waals surface area (Å²) in [5.74, 6) is 0.232. The van der Waals surface area contributed by atoms with E-state index in [-0.39, 0.29) is 11.2 Å². The number of anilines is 1. The van der Waals surface area contributed by atoms with E-state index in [9.17, 15) is 8.42 Å². The number of halogens is 1. The van der Waals surface area contributed by atoms with Crippen molar-refractivity contribution in [3.8, 4) is 11.3 Å². The van der Waals surface area contributed by atoms with Crippen molar-refractivity contribution in [3.63, 3.8) is 0 Å². The number of hydrogen-bond donors (Lipinski definition) is 1. The second-order valence-electron chi connectivity index (χ2n) is 6.69. The highest BCUT2D eigenvalue weighted by Gasteiger charge is 2.45. The Kier molecular flexibility index (Phi) is 4.01. The second-order valence-corrected chi connectivity index (χ2v) is 10.2. The minimum absolute atomic E-state index is 0.129. The molecule has 4 rings (SSSR count). The molecule has 2 aromatic heterocycles. The molecule has 0 unspecified atom stereocenters. The van der Waals surface area contributed by atoms with Crippen LogP contribution in [0.25, 0.3) is 16.2 Å². The Bertz CT molecular complexity index is 989. The molecule has 1 N–H and O–H groups in total. The third kappa shape index (κ3) is 3.80. The molecule has 1 aromatic carbocycles. The van der Waals surface area contributed by atoms with E-state index >= 15 is 0 Å². The summed E-state index contributed by atoms with van der Waals surface area (Å²) in [6.07, 6.45) is 5.05. The Labute approximate surface area is 154 Å². The fraction of sp³-hybridized carbons (Fsp3) is 0.375. The topological polar surface area (TPSA) is 76.4 Å². The molecule has 0 radical (unpaired) electrons. The lowest BCUT2D eigenvalue weighted by Crippen LogP contribution is -2.24. The monoisotopic (exact) mass is 396 g/mol. The molecule has 0 amide bonds. The molecule has 1 aliphatic carbocycles. The number of rotatable bonds is 6. The van der Waals surface area contributed by atoms with Crippen LogP contribution in [0.5, 0.6) is 0 Å².